The maximum atomic E-state index is 12.8. The third kappa shape index (κ3) is 59.0. The molecule has 10 heteroatoms. The van der Waals surface area contributed by atoms with Gasteiger partial charge >= 0.3 is 11.9 Å². The lowest BCUT2D eigenvalue weighted by Gasteiger charge is -2.28. The van der Waals surface area contributed by atoms with Crippen molar-refractivity contribution in [2.45, 2.75) is 290 Å². The summed E-state index contributed by atoms with van der Waals surface area (Å²) in [5.74, 6) is -0.836. The first-order valence-corrected chi connectivity index (χ1v) is 32.5. The number of allylic oxidation sites excluding steroid dienone is 10. The van der Waals surface area contributed by atoms with Crippen molar-refractivity contribution in [3.8, 4) is 0 Å². The molecule has 0 saturated heterocycles. The maximum Gasteiger partial charge on any atom is 0.306 e. The van der Waals surface area contributed by atoms with E-state index >= 15 is 0 Å². The van der Waals surface area contributed by atoms with Crippen LogP contribution in [0.25, 0.3) is 0 Å². The number of hydrogen-bond acceptors (Lipinski definition) is 8. The number of phosphoric acid groups is 1. The summed E-state index contributed by atoms with van der Waals surface area (Å²) in [6.45, 7) is 4.15. The van der Waals surface area contributed by atoms with E-state index in [2.05, 4.69) is 74.6 Å². The van der Waals surface area contributed by atoms with Gasteiger partial charge in [-0.05, 0) is 57.8 Å². The molecule has 2 unspecified atom stereocenters. The van der Waals surface area contributed by atoms with Gasteiger partial charge in [0, 0.05) is 12.8 Å². The largest absolute Gasteiger partial charge is 0.756 e. The van der Waals surface area contributed by atoms with E-state index in [1.54, 1.807) is 0 Å². The molecule has 0 N–H and O–H groups in total. The topological polar surface area (TPSA) is 111 Å². The van der Waals surface area contributed by atoms with E-state index in [1.807, 2.05) is 21.1 Å². The van der Waals surface area contributed by atoms with Crippen molar-refractivity contribution in [3.63, 3.8) is 0 Å². The maximum absolute atomic E-state index is 12.8. The minimum atomic E-state index is -4.64. The third-order valence-electron chi connectivity index (χ3n) is 13.6. The molecule has 9 nitrogen and oxygen atoms in total. The van der Waals surface area contributed by atoms with E-state index in [0.717, 1.165) is 77.0 Å². The number of phosphoric ester groups is 1. The van der Waals surface area contributed by atoms with Gasteiger partial charge in [-0.3, -0.25) is 14.2 Å². The molecule has 0 amide bonds. The van der Waals surface area contributed by atoms with Gasteiger partial charge in [-0.1, -0.05) is 274 Å². The van der Waals surface area contributed by atoms with Gasteiger partial charge in [0.15, 0.2) is 6.10 Å². The minimum Gasteiger partial charge on any atom is -0.756 e. The molecule has 0 aromatic heterocycles. The molecule has 0 spiro atoms. The van der Waals surface area contributed by atoms with Crippen molar-refractivity contribution in [1.29, 1.82) is 0 Å². The first-order chi connectivity index (χ1) is 36.0. The summed E-state index contributed by atoms with van der Waals surface area (Å²) < 4.78 is 34.2. The van der Waals surface area contributed by atoms with Crippen LogP contribution in [0.2, 0.25) is 0 Å². The van der Waals surface area contributed by atoms with Crippen molar-refractivity contribution >= 4 is 19.8 Å². The van der Waals surface area contributed by atoms with Gasteiger partial charge in [0.1, 0.15) is 19.8 Å². The highest BCUT2D eigenvalue weighted by molar-refractivity contribution is 7.45. The van der Waals surface area contributed by atoms with Crippen LogP contribution in [0.4, 0.5) is 0 Å². The fourth-order valence-corrected chi connectivity index (χ4v) is 9.53. The quantitative estimate of drug-likeness (QED) is 0.0195. The molecule has 0 saturated carbocycles. The van der Waals surface area contributed by atoms with Crippen LogP contribution in [0.15, 0.2) is 60.8 Å². The lowest BCUT2D eigenvalue weighted by molar-refractivity contribution is -0.870. The van der Waals surface area contributed by atoms with Crippen LogP contribution in [-0.4, -0.2) is 70.0 Å². The highest BCUT2D eigenvalue weighted by Gasteiger charge is 2.22. The van der Waals surface area contributed by atoms with Gasteiger partial charge < -0.3 is 27.9 Å². The Balaban J connectivity index is 4.11. The summed E-state index contributed by atoms with van der Waals surface area (Å²) in [6, 6.07) is 0. The number of quaternary nitrogens is 1. The molecule has 0 aliphatic heterocycles. The average Bonchev–Trinajstić information content (AvgIpc) is 3.36. The molecule has 0 bridgehead atoms. The number of hydrogen-bond donors (Lipinski definition) is 0. The van der Waals surface area contributed by atoms with Crippen molar-refractivity contribution in [1.82, 2.24) is 0 Å². The monoisotopic (exact) mass is 1060 g/mol. The number of esters is 2. The van der Waals surface area contributed by atoms with Crippen LogP contribution in [0.3, 0.4) is 0 Å². The highest BCUT2D eigenvalue weighted by atomic mass is 31.2. The first-order valence-electron chi connectivity index (χ1n) is 31.0. The molecule has 2 atom stereocenters. The Kier molecular flexibility index (Phi) is 53.7. The fourth-order valence-electron chi connectivity index (χ4n) is 8.80. The molecule has 74 heavy (non-hydrogen) atoms. The molecular formula is C64H118NO8P. The van der Waals surface area contributed by atoms with E-state index in [1.165, 1.54) is 173 Å². The number of nitrogens with zero attached hydrogens (tertiary/aromatic N) is 1. The average molecular weight is 1060 g/mol. The van der Waals surface area contributed by atoms with Gasteiger partial charge in [-0.15, -0.1) is 0 Å². The summed E-state index contributed by atoms with van der Waals surface area (Å²) >= 11 is 0. The standard InChI is InChI=1S/C64H118NO8P/c1-6-8-10-12-14-16-18-20-22-24-26-28-30-31-32-33-35-36-38-40-42-44-46-48-50-52-54-56-63(66)70-60-62(61-72-74(68,69)71-59-58-65(3,4)5)73-64(67)57-55-53-51-49-47-45-43-41-39-37-34-29-27-25-23-21-19-17-15-13-11-9-7-2/h9,11,15,17,21,23,27,29,37,39,62H,6-8,10,12-14,16,18-20,22,24-26,28,30-36,38,40-61H2,1-5H3/b11-9-,17-15-,23-21-,29-27-,39-37-. The normalized spacial score (nSPS) is 13.6. The number of ether oxygens (including phenoxy) is 2. The van der Waals surface area contributed by atoms with Gasteiger partial charge in [0.05, 0.1) is 27.7 Å². The first kappa shape index (κ1) is 71.7. The van der Waals surface area contributed by atoms with Crippen molar-refractivity contribution in [2.75, 3.05) is 47.5 Å². The van der Waals surface area contributed by atoms with E-state index in [0.29, 0.717) is 17.4 Å². The van der Waals surface area contributed by atoms with Crippen molar-refractivity contribution in [2.24, 2.45) is 0 Å². The second kappa shape index (κ2) is 55.5. The molecule has 0 aromatic rings. The molecule has 0 aromatic carbocycles. The lowest BCUT2D eigenvalue weighted by atomic mass is 10.0. The Bertz CT molecular complexity index is 1430. The van der Waals surface area contributed by atoms with E-state index in [4.69, 9.17) is 18.5 Å². The predicted octanol–water partition coefficient (Wildman–Crippen LogP) is 18.9. The second-order valence-corrected chi connectivity index (χ2v) is 23.5. The van der Waals surface area contributed by atoms with Gasteiger partial charge in [0.25, 0.3) is 7.82 Å². The van der Waals surface area contributed by atoms with E-state index in [-0.39, 0.29) is 32.0 Å². The Hall–Kier alpha value is -2.29. The lowest BCUT2D eigenvalue weighted by Crippen LogP contribution is -2.37. The SMILES string of the molecule is CC/C=C\C/C=C\C/C=C\C/C=C\C/C=C\CCCCCCCCCC(=O)OC(COC(=O)CCCCCCCCCCCCCCCCCCCCCCCCCCCCC)COP(=O)([O-])OCC[N+](C)(C)C. The van der Waals surface area contributed by atoms with Crippen LogP contribution in [0, 0.1) is 0 Å². The zero-order chi connectivity index (χ0) is 54.2. The van der Waals surface area contributed by atoms with Crippen molar-refractivity contribution < 1.29 is 42.1 Å². The Morgan fingerprint density at radius 1 is 0.432 bits per heavy atom. The van der Waals surface area contributed by atoms with Crippen LogP contribution < -0.4 is 4.89 Å². The minimum absolute atomic E-state index is 0.0341. The highest BCUT2D eigenvalue weighted by Crippen LogP contribution is 2.38. The molecular weight excluding hydrogens is 942 g/mol. The molecule has 0 radical (unpaired) electrons. The van der Waals surface area contributed by atoms with Crippen LogP contribution in [-0.2, 0) is 32.7 Å². The summed E-state index contributed by atoms with van der Waals surface area (Å²) in [7, 11) is 1.16. The Labute approximate surface area is 457 Å². The molecule has 0 aliphatic rings. The molecule has 0 aliphatic carbocycles. The van der Waals surface area contributed by atoms with Gasteiger partial charge in [0.2, 0.25) is 0 Å². The molecule has 432 valence electrons. The molecule has 0 fully saturated rings. The summed E-state index contributed by atoms with van der Waals surface area (Å²) in [5.41, 5.74) is 0. The van der Waals surface area contributed by atoms with Crippen molar-refractivity contribution in [3.05, 3.63) is 60.8 Å². The third-order valence-corrected chi connectivity index (χ3v) is 14.5. The number of unbranched alkanes of at least 4 members (excludes halogenated alkanes) is 33. The fraction of sp³-hybridized carbons (Fsp3) is 0.812. The zero-order valence-electron chi connectivity index (χ0n) is 49.0. The number of carbonyl (C=O) groups excluding carboxylic acids is 2. The van der Waals surface area contributed by atoms with Crippen LogP contribution >= 0.6 is 7.82 Å². The smallest absolute Gasteiger partial charge is 0.306 e. The number of carbonyl (C=O) groups is 2. The number of likely N-dealkylation sites (N-methyl/N-ethyl adjacent to an activating group) is 1. The van der Waals surface area contributed by atoms with Gasteiger partial charge in [-0.2, -0.15) is 0 Å². The van der Waals surface area contributed by atoms with E-state index in [9.17, 15) is 19.0 Å². The molecule has 0 rings (SSSR count). The van der Waals surface area contributed by atoms with Crippen LogP contribution in [0.5, 0.6) is 0 Å². The summed E-state index contributed by atoms with van der Waals surface area (Å²) in [5, 5.41) is 0. The predicted molar refractivity (Wildman–Crippen MR) is 314 cm³/mol. The summed E-state index contributed by atoms with van der Waals surface area (Å²) in [6.07, 6.45) is 71.4. The van der Waals surface area contributed by atoms with Gasteiger partial charge in [-0.25, -0.2) is 0 Å². The Morgan fingerprint density at radius 2 is 0.770 bits per heavy atom. The second-order valence-electron chi connectivity index (χ2n) is 22.0. The van der Waals surface area contributed by atoms with E-state index < -0.39 is 26.5 Å². The van der Waals surface area contributed by atoms with Crippen LogP contribution in [0.1, 0.15) is 284 Å². The zero-order valence-corrected chi connectivity index (χ0v) is 49.9. The summed E-state index contributed by atoms with van der Waals surface area (Å²) in [4.78, 5) is 37.9. The number of rotatable bonds is 57. The Morgan fingerprint density at radius 3 is 1.15 bits per heavy atom. The molecule has 0 heterocycles.